The first kappa shape index (κ1) is 19.4. The van der Waals surface area contributed by atoms with Crippen molar-refractivity contribution in [2.75, 3.05) is 37.6 Å². The Morgan fingerprint density at radius 2 is 1.59 bits per heavy atom. The molecule has 1 N–H and O–H groups in total. The molecule has 4 rings (SSSR count). The molecule has 2 aliphatic rings. The van der Waals surface area contributed by atoms with Gasteiger partial charge in [0.05, 0.1) is 0 Å². The fourth-order valence-electron chi connectivity index (χ4n) is 3.91. The quantitative estimate of drug-likeness (QED) is 0.765. The molecule has 152 valence electrons. The summed E-state index contributed by atoms with van der Waals surface area (Å²) in [5.41, 5.74) is 1.25. The molecule has 0 radical (unpaired) electrons. The van der Waals surface area contributed by atoms with Gasteiger partial charge in [-0.2, -0.15) is 0 Å². The van der Waals surface area contributed by atoms with Crippen molar-refractivity contribution < 1.29 is 14.0 Å². The lowest BCUT2D eigenvalue weighted by Crippen LogP contribution is -2.53. The van der Waals surface area contributed by atoms with Crippen LogP contribution in [0.2, 0.25) is 0 Å². The zero-order valence-corrected chi connectivity index (χ0v) is 16.4. The number of para-hydroxylation sites is 1. The van der Waals surface area contributed by atoms with E-state index in [1.807, 2.05) is 23.1 Å². The second-order valence-corrected chi connectivity index (χ2v) is 7.83. The second-order valence-electron chi connectivity index (χ2n) is 7.83. The molecule has 1 aliphatic heterocycles. The van der Waals surface area contributed by atoms with E-state index in [4.69, 9.17) is 0 Å². The summed E-state index contributed by atoms with van der Waals surface area (Å²) in [5.74, 6) is -0.479. The van der Waals surface area contributed by atoms with Crippen LogP contribution in [0.5, 0.6) is 0 Å². The first-order valence-corrected chi connectivity index (χ1v) is 10.2. The molecule has 1 aliphatic carbocycles. The summed E-state index contributed by atoms with van der Waals surface area (Å²) in [4.78, 5) is 29.9. The van der Waals surface area contributed by atoms with Crippen LogP contribution in [-0.2, 0) is 16.0 Å². The molecule has 2 fully saturated rings. The zero-order valence-electron chi connectivity index (χ0n) is 16.4. The molecule has 2 amide bonds. The van der Waals surface area contributed by atoms with Crippen LogP contribution in [0.15, 0.2) is 54.6 Å². The van der Waals surface area contributed by atoms with Crippen LogP contribution in [0, 0.1) is 11.2 Å². The third-order valence-electron chi connectivity index (χ3n) is 5.89. The van der Waals surface area contributed by atoms with Crippen molar-refractivity contribution in [3.8, 4) is 0 Å². The van der Waals surface area contributed by atoms with Crippen molar-refractivity contribution in [1.82, 2.24) is 10.2 Å². The number of rotatable bonds is 6. The molecule has 1 saturated carbocycles. The highest BCUT2D eigenvalue weighted by Gasteiger charge is 2.58. The Balaban J connectivity index is 1.28. The number of hydrogen-bond acceptors (Lipinski definition) is 3. The Morgan fingerprint density at radius 1 is 0.931 bits per heavy atom. The highest BCUT2D eigenvalue weighted by molar-refractivity contribution is 6.07. The molecule has 2 aromatic carbocycles. The van der Waals surface area contributed by atoms with Crippen molar-refractivity contribution in [2.45, 2.75) is 19.3 Å². The molecule has 6 heteroatoms. The largest absolute Gasteiger partial charge is 0.368 e. The minimum atomic E-state index is -0.877. The van der Waals surface area contributed by atoms with Crippen LogP contribution >= 0.6 is 0 Å². The molecule has 0 spiro atoms. The van der Waals surface area contributed by atoms with E-state index >= 15 is 0 Å². The summed E-state index contributed by atoms with van der Waals surface area (Å²) in [6, 6.07) is 16.4. The van der Waals surface area contributed by atoms with Gasteiger partial charge in [0.25, 0.3) is 0 Å². The van der Waals surface area contributed by atoms with Gasteiger partial charge in [-0.3, -0.25) is 9.59 Å². The maximum atomic E-state index is 13.0. The average molecular weight is 395 g/mol. The van der Waals surface area contributed by atoms with Crippen molar-refractivity contribution in [3.63, 3.8) is 0 Å². The lowest BCUT2D eigenvalue weighted by molar-refractivity contribution is -0.144. The van der Waals surface area contributed by atoms with Gasteiger partial charge in [-0.1, -0.05) is 30.3 Å². The van der Waals surface area contributed by atoms with Gasteiger partial charge >= 0.3 is 0 Å². The number of benzene rings is 2. The van der Waals surface area contributed by atoms with Crippen molar-refractivity contribution in [3.05, 3.63) is 66.0 Å². The number of nitrogens with one attached hydrogen (secondary N) is 1. The smallest absolute Gasteiger partial charge is 0.238 e. The van der Waals surface area contributed by atoms with Gasteiger partial charge in [-0.25, -0.2) is 4.39 Å². The summed E-state index contributed by atoms with van der Waals surface area (Å²) in [6.45, 7) is 3.27. The number of amides is 2. The normalized spacial score (nSPS) is 17.7. The van der Waals surface area contributed by atoms with Gasteiger partial charge in [-0.15, -0.1) is 0 Å². The minimum Gasteiger partial charge on any atom is -0.368 e. The van der Waals surface area contributed by atoms with Gasteiger partial charge < -0.3 is 15.1 Å². The number of carbonyl (C=O) groups is 2. The van der Waals surface area contributed by atoms with Crippen molar-refractivity contribution in [2.24, 2.45) is 5.41 Å². The molecule has 5 nitrogen and oxygen atoms in total. The fourth-order valence-corrected chi connectivity index (χ4v) is 3.91. The third-order valence-corrected chi connectivity index (χ3v) is 5.89. The molecule has 0 aromatic heterocycles. The lowest BCUT2D eigenvalue weighted by Gasteiger charge is -2.37. The summed E-state index contributed by atoms with van der Waals surface area (Å²) in [5, 5.41) is 2.91. The number of carbonyl (C=O) groups excluding carboxylic acids is 2. The lowest BCUT2D eigenvalue weighted by atomic mass is 10.0. The van der Waals surface area contributed by atoms with Crippen molar-refractivity contribution >= 4 is 17.5 Å². The molecule has 0 unspecified atom stereocenters. The summed E-state index contributed by atoms with van der Waals surface area (Å²) >= 11 is 0. The van der Waals surface area contributed by atoms with Crippen LogP contribution in [0.1, 0.15) is 18.4 Å². The monoisotopic (exact) mass is 395 g/mol. The molecule has 1 saturated heterocycles. The predicted molar refractivity (Wildman–Crippen MR) is 110 cm³/mol. The first-order chi connectivity index (χ1) is 14.1. The van der Waals surface area contributed by atoms with E-state index in [0.29, 0.717) is 38.9 Å². The highest BCUT2D eigenvalue weighted by Crippen LogP contribution is 2.47. The van der Waals surface area contributed by atoms with Crippen molar-refractivity contribution in [1.29, 1.82) is 0 Å². The van der Waals surface area contributed by atoms with Crippen LogP contribution in [0.4, 0.5) is 10.1 Å². The Bertz CT molecular complexity index is 857. The van der Waals surface area contributed by atoms with Crippen LogP contribution < -0.4 is 10.2 Å². The Kier molecular flexibility index (Phi) is 5.51. The summed E-state index contributed by atoms with van der Waals surface area (Å²) < 4.78 is 13.0. The Morgan fingerprint density at radius 3 is 2.21 bits per heavy atom. The maximum absolute atomic E-state index is 13.0. The molecule has 2 aromatic rings. The van der Waals surface area contributed by atoms with E-state index < -0.39 is 5.41 Å². The average Bonchev–Trinajstić information content (AvgIpc) is 3.57. The topological polar surface area (TPSA) is 52.7 Å². The van der Waals surface area contributed by atoms with Crippen LogP contribution in [0.25, 0.3) is 0 Å². The molecule has 1 heterocycles. The van der Waals surface area contributed by atoms with E-state index in [1.165, 1.54) is 17.8 Å². The van der Waals surface area contributed by atoms with Gasteiger partial charge in [0.1, 0.15) is 11.2 Å². The standard InChI is InChI=1S/C23H26FN3O2/c24-19-8-6-18(7-9-19)10-13-25-21(28)23(11-12-23)22(29)27-16-14-26(15-17-27)20-4-2-1-3-5-20/h1-9H,10-17H2,(H,25,28). The number of anilines is 1. The van der Waals surface area contributed by atoms with Gasteiger partial charge in [-0.05, 0) is 49.1 Å². The minimum absolute atomic E-state index is 0.0375. The molecular formula is C23H26FN3O2. The van der Waals surface area contributed by atoms with Crippen LogP contribution in [0.3, 0.4) is 0 Å². The Hall–Kier alpha value is -2.89. The maximum Gasteiger partial charge on any atom is 0.238 e. The number of piperazine rings is 1. The fraction of sp³-hybridized carbons (Fsp3) is 0.391. The van der Waals surface area contributed by atoms with E-state index in [-0.39, 0.29) is 17.6 Å². The van der Waals surface area contributed by atoms with E-state index in [9.17, 15) is 14.0 Å². The highest BCUT2D eigenvalue weighted by atomic mass is 19.1. The third kappa shape index (κ3) is 4.26. The molecule has 0 bridgehead atoms. The van der Waals surface area contributed by atoms with Gasteiger partial charge in [0.15, 0.2) is 0 Å². The second kappa shape index (κ2) is 8.23. The Labute approximate surface area is 170 Å². The molecule has 29 heavy (non-hydrogen) atoms. The number of halogens is 1. The number of hydrogen-bond donors (Lipinski definition) is 1. The SMILES string of the molecule is O=C(NCCc1ccc(F)cc1)C1(C(=O)N2CCN(c3ccccc3)CC2)CC1. The van der Waals surface area contributed by atoms with E-state index in [0.717, 1.165) is 18.7 Å². The predicted octanol–water partition coefficient (Wildman–Crippen LogP) is 2.61. The summed E-state index contributed by atoms with van der Waals surface area (Å²) in [6.07, 6.45) is 1.85. The zero-order chi connectivity index (χ0) is 20.3. The number of nitrogens with zero attached hydrogens (tertiary/aromatic N) is 2. The van der Waals surface area contributed by atoms with E-state index in [2.05, 4.69) is 22.3 Å². The van der Waals surface area contributed by atoms with Gasteiger partial charge in [0.2, 0.25) is 11.8 Å². The molecule has 0 atom stereocenters. The van der Waals surface area contributed by atoms with Gasteiger partial charge in [0, 0.05) is 38.4 Å². The van der Waals surface area contributed by atoms with Crippen LogP contribution in [-0.4, -0.2) is 49.4 Å². The van der Waals surface area contributed by atoms with E-state index in [1.54, 1.807) is 12.1 Å². The summed E-state index contributed by atoms with van der Waals surface area (Å²) in [7, 11) is 0. The first-order valence-electron chi connectivity index (χ1n) is 10.2. The molecular weight excluding hydrogens is 369 g/mol.